The molecule has 2 aromatic heterocycles. The zero-order valence-electron chi connectivity index (χ0n) is 12.6. The summed E-state index contributed by atoms with van der Waals surface area (Å²) in [5.74, 6) is 1.11. The number of aryl methyl sites for hydroxylation is 1. The molecule has 0 saturated carbocycles. The maximum atomic E-state index is 12.0. The van der Waals surface area contributed by atoms with Gasteiger partial charge in [-0.15, -0.1) is 11.3 Å². The van der Waals surface area contributed by atoms with Crippen LogP contribution in [0.2, 0.25) is 0 Å². The number of nitrogens with one attached hydrogen (secondary N) is 1. The summed E-state index contributed by atoms with van der Waals surface area (Å²) in [6.45, 7) is 6.49. The van der Waals surface area contributed by atoms with Gasteiger partial charge in [-0.3, -0.25) is 5.32 Å². The molecule has 0 atom stereocenters. The normalized spacial score (nSPS) is 10.7. The van der Waals surface area contributed by atoms with E-state index in [1.807, 2.05) is 20.8 Å². The van der Waals surface area contributed by atoms with Crippen LogP contribution in [-0.4, -0.2) is 32.9 Å². The Morgan fingerprint density at radius 1 is 1.29 bits per heavy atom. The van der Waals surface area contributed by atoms with Crippen molar-refractivity contribution in [3.8, 4) is 0 Å². The first-order valence-corrected chi connectivity index (χ1v) is 7.52. The number of aromatic nitrogens is 3. The number of urea groups is 1. The Hall–Kier alpha value is -2.02. The van der Waals surface area contributed by atoms with Crippen LogP contribution in [0.4, 0.5) is 9.93 Å². The molecule has 21 heavy (non-hydrogen) atoms. The summed E-state index contributed by atoms with van der Waals surface area (Å²) < 4.78 is 0. The lowest BCUT2D eigenvalue weighted by molar-refractivity contribution is 0.220. The van der Waals surface area contributed by atoms with Crippen molar-refractivity contribution in [1.82, 2.24) is 19.9 Å². The Kier molecular flexibility index (Phi) is 4.85. The summed E-state index contributed by atoms with van der Waals surface area (Å²) in [6.07, 6.45) is 5.26. The Bertz CT molecular complexity index is 608. The zero-order chi connectivity index (χ0) is 15.4. The second kappa shape index (κ2) is 6.62. The van der Waals surface area contributed by atoms with E-state index in [-0.39, 0.29) is 6.03 Å². The monoisotopic (exact) mass is 305 g/mol. The van der Waals surface area contributed by atoms with Crippen LogP contribution in [0, 0.1) is 6.92 Å². The predicted octanol–water partition coefficient (Wildman–Crippen LogP) is 3.03. The SMILES string of the molecule is Cc1cnc(NC(=O)N(C)Cc2cnc(C(C)C)nc2)s1. The summed E-state index contributed by atoms with van der Waals surface area (Å²) >= 11 is 1.45. The van der Waals surface area contributed by atoms with Gasteiger partial charge < -0.3 is 4.90 Å². The Balaban J connectivity index is 1.93. The number of thiazole rings is 1. The number of hydrogen-bond acceptors (Lipinski definition) is 5. The van der Waals surface area contributed by atoms with Crippen molar-refractivity contribution < 1.29 is 4.79 Å². The van der Waals surface area contributed by atoms with Crippen molar-refractivity contribution in [3.05, 3.63) is 34.9 Å². The molecule has 0 spiro atoms. The third kappa shape index (κ3) is 4.22. The van der Waals surface area contributed by atoms with E-state index in [1.54, 1.807) is 30.5 Å². The molecule has 0 aliphatic carbocycles. The molecule has 0 bridgehead atoms. The maximum Gasteiger partial charge on any atom is 0.323 e. The highest BCUT2D eigenvalue weighted by Gasteiger charge is 2.12. The maximum absolute atomic E-state index is 12.0. The summed E-state index contributed by atoms with van der Waals surface area (Å²) in [5, 5.41) is 3.37. The van der Waals surface area contributed by atoms with Crippen molar-refractivity contribution in [2.24, 2.45) is 0 Å². The smallest absolute Gasteiger partial charge is 0.323 e. The molecule has 0 fully saturated rings. The molecule has 2 aromatic rings. The van der Waals surface area contributed by atoms with E-state index < -0.39 is 0 Å². The minimum absolute atomic E-state index is 0.197. The highest BCUT2D eigenvalue weighted by Crippen LogP contribution is 2.17. The van der Waals surface area contributed by atoms with E-state index in [2.05, 4.69) is 20.3 Å². The fourth-order valence-corrected chi connectivity index (χ4v) is 2.34. The van der Waals surface area contributed by atoms with Crippen molar-refractivity contribution in [3.63, 3.8) is 0 Å². The number of amides is 2. The van der Waals surface area contributed by atoms with Gasteiger partial charge in [-0.05, 0) is 6.92 Å². The van der Waals surface area contributed by atoms with Gasteiger partial charge in [-0.25, -0.2) is 19.7 Å². The van der Waals surface area contributed by atoms with Crippen molar-refractivity contribution in [1.29, 1.82) is 0 Å². The first kappa shape index (κ1) is 15.4. The van der Waals surface area contributed by atoms with Crippen LogP contribution in [0.25, 0.3) is 0 Å². The minimum Gasteiger partial charge on any atom is -0.323 e. The van der Waals surface area contributed by atoms with Gasteiger partial charge in [0.15, 0.2) is 5.13 Å². The topological polar surface area (TPSA) is 71.0 Å². The number of rotatable bonds is 4. The second-order valence-electron chi connectivity index (χ2n) is 5.17. The number of carbonyl (C=O) groups is 1. The van der Waals surface area contributed by atoms with Crippen LogP contribution < -0.4 is 5.32 Å². The molecule has 6 nitrogen and oxygen atoms in total. The van der Waals surface area contributed by atoms with Gasteiger partial charge in [0.1, 0.15) is 5.82 Å². The van der Waals surface area contributed by atoms with Crippen LogP contribution in [0.1, 0.15) is 36.0 Å². The van der Waals surface area contributed by atoms with E-state index in [1.165, 1.54) is 11.3 Å². The molecule has 1 N–H and O–H groups in total. The van der Waals surface area contributed by atoms with Gasteiger partial charge in [0.05, 0.1) is 6.54 Å². The van der Waals surface area contributed by atoms with Crippen LogP contribution in [0.3, 0.4) is 0 Å². The summed E-state index contributed by atoms with van der Waals surface area (Å²) in [4.78, 5) is 27.4. The fraction of sp³-hybridized carbons (Fsp3) is 0.429. The minimum atomic E-state index is -0.197. The van der Waals surface area contributed by atoms with Gasteiger partial charge >= 0.3 is 6.03 Å². The molecule has 112 valence electrons. The summed E-state index contributed by atoms with van der Waals surface area (Å²) in [6, 6.07) is -0.197. The first-order valence-electron chi connectivity index (χ1n) is 6.71. The number of hydrogen-bond donors (Lipinski definition) is 1. The molecule has 7 heteroatoms. The molecule has 0 unspecified atom stereocenters. The lowest BCUT2D eigenvalue weighted by Crippen LogP contribution is -2.30. The lowest BCUT2D eigenvalue weighted by atomic mass is 10.2. The molecular weight excluding hydrogens is 286 g/mol. The van der Waals surface area contributed by atoms with E-state index in [9.17, 15) is 4.79 Å². The van der Waals surface area contributed by atoms with Crippen LogP contribution in [0.5, 0.6) is 0 Å². The van der Waals surface area contributed by atoms with Gasteiger partial charge in [-0.2, -0.15) is 0 Å². The lowest BCUT2D eigenvalue weighted by Gasteiger charge is -2.17. The molecule has 2 rings (SSSR count). The first-order chi connectivity index (χ1) is 9.95. The fourth-order valence-electron chi connectivity index (χ4n) is 1.69. The molecule has 0 aliphatic rings. The molecular formula is C14H19N5OS. The highest BCUT2D eigenvalue weighted by molar-refractivity contribution is 7.15. The van der Waals surface area contributed by atoms with E-state index in [0.29, 0.717) is 17.6 Å². The second-order valence-corrected chi connectivity index (χ2v) is 6.40. The molecule has 0 aromatic carbocycles. The molecule has 2 heterocycles. The summed E-state index contributed by atoms with van der Waals surface area (Å²) in [7, 11) is 1.73. The number of carbonyl (C=O) groups excluding carboxylic acids is 1. The van der Waals surface area contributed by atoms with Gasteiger partial charge in [0, 0.05) is 42.0 Å². The quantitative estimate of drug-likeness (QED) is 0.942. The third-order valence-electron chi connectivity index (χ3n) is 2.84. The van der Waals surface area contributed by atoms with Gasteiger partial charge in [0.2, 0.25) is 0 Å². The molecule has 0 radical (unpaired) electrons. The van der Waals surface area contributed by atoms with E-state index in [0.717, 1.165) is 16.3 Å². The van der Waals surface area contributed by atoms with Crippen LogP contribution >= 0.6 is 11.3 Å². The largest absolute Gasteiger partial charge is 0.323 e. The van der Waals surface area contributed by atoms with Crippen molar-refractivity contribution in [2.45, 2.75) is 33.2 Å². The van der Waals surface area contributed by atoms with E-state index in [4.69, 9.17) is 0 Å². The molecule has 0 aliphatic heterocycles. The van der Waals surface area contributed by atoms with Crippen molar-refractivity contribution >= 4 is 22.5 Å². The van der Waals surface area contributed by atoms with Crippen LogP contribution in [0.15, 0.2) is 18.6 Å². The highest BCUT2D eigenvalue weighted by atomic mass is 32.1. The predicted molar refractivity (Wildman–Crippen MR) is 83.5 cm³/mol. The zero-order valence-corrected chi connectivity index (χ0v) is 13.4. The van der Waals surface area contributed by atoms with Crippen molar-refractivity contribution in [2.75, 3.05) is 12.4 Å². The van der Waals surface area contributed by atoms with Gasteiger partial charge in [0.25, 0.3) is 0 Å². The average Bonchev–Trinajstić information content (AvgIpc) is 2.84. The Morgan fingerprint density at radius 2 is 1.95 bits per heavy atom. The molecule has 2 amide bonds. The average molecular weight is 305 g/mol. The van der Waals surface area contributed by atoms with Crippen LogP contribution in [-0.2, 0) is 6.54 Å². The Morgan fingerprint density at radius 3 is 2.48 bits per heavy atom. The Labute approximate surface area is 128 Å². The number of nitrogens with zero attached hydrogens (tertiary/aromatic N) is 4. The van der Waals surface area contributed by atoms with Gasteiger partial charge in [-0.1, -0.05) is 13.8 Å². The van der Waals surface area contributed by atoms with E-state index >= 15 is 0 Å². The third-order valence-corrected chi connectivity index (χ3v) is 3.67. The molecule has 0 saturated heterocycles. The summed E-state index contributed by atoms with van der Waals surface area (Å²) in [5.41, 5.74) is 0.896. The number of anilines is 1. The standard InChI is InChI=1S/C14H19N5OS/c1-9(2)12-15-6-11(7-16-12)8-19(4)14(20)18-13-17-5-10(3)21-13/h5-7,9H,8H2,1-4H3,(H,17,18,20).